The van der Waals surface area contributed by atoms with Crippen LogP contribution in [-0.2, 0) is 0 Å². The van der Waals surface area contributed by atoms with E-state index in [9.17, 15) is 18.0 Å². The second-order valence-electron chi connectivity index (χ2n) is 8.78. The molecule has 7 nitrogen and oxygen atoms in total. The van der Waals surface area contributed by atoms with Crippen molar-refractivity contribution in [2.45, 2.75) is 94.0 Å². The first kappa shape index (κ1) is 23.8. The van der Waals surface area contributed by atoms with Crippen molar-refractivity contribution in [3.05, 3.63) is 0 Å². The lowest BCUT2D eigenvalue weighted by molar-refractivity contribution is -0.182. The number of carbonyl (C=O) groups excluding carboxylic acids is 1. The summed E-state index contributed by atoms with van der Waals surface area (Å²) in [5.74, 6) is -1.59. The highest BCUT2D eigenvalue weighted by molar-refractivity contribution is 6.20. The van der Waals surface area contributed by atoms with Gasteiger partial charge in [0.15, 0.2) is 0 Å². The molecule has 3 fully saturated rings. The Morgan fingerprint density at radius 1 is 1.13 bits per heavy atom. The van der Waals surface area contributed by atoms with Gasteiger partial charge in [-0.3, -0.25) is 10.6 Å². The molecule has 30 heavy (non-hydrogen) atoms. The van der Waals surface area contributed by atoms with Crippen LogP contribution in [0.15, 0.2) is 0 Å². The number of alkyl halides is 4. The molecular formula is C19H34ClF3N6O. The maximum atomic E-state index is 13.1. The van der Waals surface area contributed by atoms with Crippen molar-refractivity contribution >= 4 is 17.6 Å². The number of nitrogens with one attached hydrogen (secondary N) is 6. The van der Waals surface area contributed by atoms with Gasteiger partial charge in [-0.2, -0.15) is 13.2 Å². The summed E-state index contributed by atoms with van der Waals surface area (Å²) in [4.78, 5) is 12.4. The van der Waals surface area contributed by atoms with E-state index in [1.807, 2.05) is 6.92 Å². The molecule has 7 atom stereocenters. The predicted octanol–water partition coefficient (Wildman–Crippen LogP) is 1.94. The van der Waals surface area contributed by atoms with Crippen LogP contribution < -0.4 is 31.9 Å². The van der Waals surface area contributed by atoms with Crippen LogP contribution in [0, 0.1) is 5.92 Å². The summed E-state index contributed by atoms with van der Waals surface area (Å²) in [5, 5.41) is 18.0. The summed E-state index contributed by atoms with van der Waals surface area (Å²) >= 11 is 5.86. The van der Waals surface area contributed by atoms with Crippen molar-refractivity contribution in [3.8, 4) is 0 Å². The van der Waals surface area contributed by atoms with Gasteiger partial charge in [0, 0.05) is 23.5 Å². The molecule has 6 N–H and O–H groups in total. The third kappa shape index (κ3) is 7.12. The molecule has 11 heteroatoms. The first-order valence-electron chi connectivity index (χ1n) is 11.0. The molecule has 1 saturated carbocycles. The second-order valence-corrected chi connectivity index (χ2v) is 9.34. The van der Waals surface area contributed by atoms with Crippen molar-refractivity contribution in [3.63, 3.8) is 0 Å². The van der Waals surface area contributed by atoms with E-state index in [0.717, 1.165) is 25.9 Å². The highest BCUT2D eigenvalue weighted by Gasteiger charge is 2.47. The maximum Gasteiger partial charge on any atom is 0.393 e. The molecule has 0 aromatic rings. The normalized spacial score (nSPS) is 37.7. The quantitative estimate of drug-likeness (QED) is 0.345. The van der Waals surface area contributed by atoms with Gasteiger partial charge in [-0.15, -0.1) is 11.6 Å². The Morgan fingerprint density at radius 3 is 2.63 bits per heavy atom. The zero-order valence-corrected chi connectivity index (χ0v) is 18.1. The highest BCUT2D eigenvalue weighted by Crippen LogP contribution is 2.40. The van der Waals surface area contributed by atoms with Crippen LogP contribution in [0.25, 0.3) is 0 Å². The fraction of sp³-hybridized carbons (Fsp3) is 0.947. The fourth-order valence-electron chi connectivity index (χ4n) is 4.65. The number of rotatable bonds is 6. The molecule has 2 aliphatic heterocycles. The van der Waals surface area contributed by atoms with E-state index < -0.39 is 35.8 Å². The Hall–Kier alpha value is -0.810. The summed E-state index contributed by atoms with van der Waals surface area (Å²) < 4.78 is 39.4. The summed E-state index contributed by atoms with van der Waals surface area (Å²) in [6.45, 7) is 4.00. The number of urea groups is 1. The zero-order valence-electron chi connectivity index (χ0n) is 17.3. The van der Waals surface area contributed by atoms with Gasteiger partial charge in [-0.1, -0.05) is 0 Å². The standard InChI is InChI=1S/C19H34ClF3N6O/c1-11-9-16(25-8-6-12-3-2-7-24-12)28-17(26-11)29-18(30)27-13-4-5-15(20)14(10-13)19(21,22)23/h11-17,24-26,28H,2-10H2,1H3,(H2,27,29,30). The number of hydrogen-bond acceptors (Lipinski definition) is 5. The molecule has 1 aliphatic carbocycles. The topological polar surface area (TPSA) is 89.2 Å². The van der Waals surface area contributed by atoms with E-state index >= 15 is 0 Å². The molecule has 0 aromatic heterocycles. The Kier molecular flexibility index (Phi) is 8.48. The first-order chi connectivity index (χ1) is 14.2. The van der Waals surface area contributed by atoms with Crippen LogP contribution in [0.3, 0.4) is 0 Å². The van der Waals surface area contributed by atoms with Crippen molar-refractivity contribution < 1.29 is 18.0 Å². The molecule has 3 rings (SSSR count). The minimum atomic E-state index is -4.35. The third-order valence-electron chi connectivity index (χ3n) is 6.25. The van der Waals surface area contributed by atoms with Crippen LogP contribution in [0.2, 0.25) is 0 Å². The Balaban J connectivity index is 1.41. The van der Waals surface area contributed by atoms with E-state index in [2.05, 4.69) is 31.9 Å². The molecule has 174 valence electrons. The summed E-state index contributed by atoms with van der Waals surface area (Å²) in [6.07, 6.45) is 0.0867. The van der Waals surface area contributed by atoms with Gasteiger partial charge in [-0.25, -0.2) is 4.79 Å². The zero-order chi connectivity index (χ0) is 21.7. The third-order valence-corrected chi connectivity index (χ3v) is 6.77. The number of halogens is 4. The van der Waals surface area contributed by atoms with Crippen molar-refractivity contribution in [1.29, 1.82) is 0 Å². The molecule has 0 bridgehead atoms. The van der Waals surface area contributed by atoms with E-state index in [1.54, 1.807) is 0 Å². The minimum Gasteiger partial charge on any atom is -0.335 e. The molecule has 0 aromatic carbocycles. The molecule has 3 aliphatic rings. The van der Waals surface area contributed by atoms with Gasteiger partial charge >= 0.3 is 12.2 Å². The number of amides is 2. The van der Waals surface area contributed by atoms with Crippen LogP contribution in [-0.4, -0.2) is 61.3 Å². The van der Waals surface area contributed by atoms with Crippen molar-refractivity contribution in [2.24, 2.45) is 5.92 Å². The lowest BCUT2D eigenvalue weighted by atomic mass is 9.85. The highest BCUT2D eigenvalue weighted by atomic mass is 35.5. The summed E-state index contributed by atoms with van der Waals surface area (Å²) in [7, 11) is 0. The monoisotopic (exact) mass is 454 g/mol. The van der Waals surface area contributed by atoms with Gasteiger partial charge in [0.2, 0.25) is 0 Å². The Bertz CT molecular complexity index is 563. The lowest BCUT2D eigenvalue weighted by Crippen LogP contribution is -2.68. The van der Waals surface area contributed by atoms with Crippen LogP contribution in [0.5, 0.6) is 0 Å². The number of hydrogen-bond donors (Lipinski definition) is 6. The molecule has 0 spiro atoms. The number of carbonyl (C=O) groups is 1. The van der Waals surface area contributed by atoms with E-state index in [4.69, 9.17) is 11.6 Å². The van der Waals surface area contributed by atoms with Gasteiger partial charge in [0.1, 0.15) is 6.29 Å². The molecule has 2 heterocycles. The SMILES string of the molecule is CC1CC(NCCC2CCCN2)NC(NC(=O)NC2CCC(Cl)C(C(F)(F)F)C2)N1. The lowest BCUT2D eigenvalue weighted by Gasteiger charge is -2.38. The average molecular weight is 455 g/mol. The van der Waals surface area contributed by atoms with Gasteiger partial charge in [-0.05, 0) is 65.0 Å². The average Bonchev–Trinajstić information content (AvgIpc) is 3.15. The summed E-state index contributed by atoms with van der Waals surface area (Å²) in [6, 6.07) is -0.276. The maximum absolute atomic E-state index is 13.1. The molecule has 2 amide bonds. The molecule has 7 unspecified atom stereocenters. The van der Waals surface area contributed by atoms with E-state index in [0.29, 0.717) is 12.5 Å². The van der Waals surface area contributed by atoms with Crippen molar-refractivity contribution in [1.82, 2.24) is 31.9 Å². The minimum absolute atomic E-state index is 0.0502. The van der Waals surface area contributed by atoms with Gasteiger partial charge in [0.25, 0.3) is 0 Å². The first-order valence-corrected chi connectivity index (χ1v) is 11.4. The molecule has 0 radical (unpaired) electrons. The molecule has 2 saturated heterocycles. The van der Waals surface area contributed by atoms with Crippen molar-refractivity contribution in [2.75, 3.05) is 13.1 Å². The van der Waals surface area contributed by atoms with E-state index in [1.165, 1.54) is 12.8 Å². The Morgan fingerprint density at radius 2 is 1.93 bits per heavy atom. The van der Waals surface area contributed by atoms with Gasteiger partial charge in [0.05, 0.1) is 12.1 Å². The Labute approximate surface area is 181 Å². The smallest absolute Gasteiger partial charge is 0.335 e. The largest absolute Gasteiger partial charge is 0.393 e. The van der Waals surface area contributed by atoms with Crippen LogP contribution >= 0.6 is 11.6 Å². The molecular weight excluding hydrogens is 421 g/mol. The predicted molar refractivity (Wildman–Crippen MR) is 110 cm³/mol. The summed E-state index contributed by atoms with van der Waals surface area (Å²) in [5.41, 5.74) is 0. The fourth-order valence-corrected chi connectivity index (χ4v) is 5.02. The van der Waals surface area contributed by atoms with E-state index in [-0.39, 0.29) is 25.0 Å². The van der Waals surface area contributed by atoms with Crippen LogP contribution in [0.4, 0.5) is 18.0 Å². The van der Waals surface area contributed by atoms with Crippen LogP contribution in [0.1, 0.15) is 51.9 Å². The van der Waals surface area contributed by atoms with Gasteiger partial charge < -0.3 is 21.3 Å². The second kappa shape index (κ2) is 10.7.